The summed E-state index contributed by atoms with van der Waals surface area (Å²) in [5.74, 6) is -0.328. The predicted molar refractivity (Wildman–Crippen MR) is 163 cm³/mol. The third-order valence-corrected chi connectivity index (χ3v) is 8.52. The fraction of sp³-hybridized carbons (Fsp3) is 0.853. The van der Waals surface area contributed by atoms with Gasteiger partial charge in [-0.1, -0.05) is 76.9 Å². The molecule has 2 aliphatic rings. The van der Waals surface area contributed by atoms with Gasteiger partial charge in [-0.2, -0.15) is 0 Å². The maximum atomic E-state index is 11.6. The van der Waals surface area contributed by atoms with Crippen molar-refractivity contribution in [3.8, 4) is 0 Å². The number of cyclic esters (lactones) is 1. The Morgan fingerprint density at radius 2 is 1.32 bits per heavy atom. The van der Waals surface area contributed by atoms with E-state index >= 15 is 0 Å². The fourth-order valence-electron chi connectivity index (χ4n) is 5.95. The summed E-state index contributed by atoms with van der Waals surface area (Å²) in [6.45, 7) is 4.05. The number of aliphatic hydroxyl groups excluding tert-OH is 4. The Morgan fingerprint density at radius 1 is 0.756 bits per heavy atom. The number of ether oxygens (including phenoxy) is 2. The van der Waals surface area contributed by atoms with Crippen molar-refractivity contribution in [2.24, 2.45) is 0 Å². The molecule has 0 radical (unpaired) electrons. The molecule has 238 valence electrons. The summed E-state index contributed by atoms with van der Waals surface area (Å²) in [4.78, 5) is 11.6. The molecule has 0 aliphatic carbocycles. The third-order valence-electron chi connectivity index (χ3n) is 8.52. The van der Waals surface area contributed by atoms with Gasteiger partial charge in [0.05, 0.1) is 36.6 Å². The third kappa shape index (κ3) is 15.7. The molecule has 1 fully saturated rings. The van der Waals surface area contributed by atoms with Crippen LogP contribution >= 0.6 is 0 Å². The first kappa shape index (κ1) is 35.9. The lowest BCUT2D eigenvalue weighted by Crippen LogP contribution is -2.31. The smallest absolute Gasteiger partial charge is 0.334 e. The Labute approximate surface area is 249 Å². The number of allylic oxidation sites excluding steroid dienone is 2. The summed E-state index contributed by atoms with van der Waals surface area (Å²) in [6.07, 6.45) is 22.0. The molecular weight excluding hydrogens is 520 g/mol. The molecule has 0 aromatic heterocycles. The minimum atomic E-state index is -0.562. The van der Waals surface area contributed by atoms with E-state index in [4.69, 9.17) is 9.47 Å². The van der Waals surface area contributed by atoms with Gasteiger partial charge in [-0.15, -0.1) is 0 Å². The van der Waals surface area contributed by atoms with Crippen LogP contribution in [0.3, 0.4) is 0 Å². The molecule has 2 unspecified atom stereocenters. The first-order valence-electron chi connectivity index (χ1n) is 16.7. The fourth-order valence-corrected chi connectivity index (χ4v) is 5.95. The molecule has 4 N–H and O–H groups in total. The van der Waals surface area contributed by atoms with Crippen molar-refractivity contribution in [2.75, 3.05) is 0 Å². The molecule has 1 saturated heterocycles. The second kappa shape index (κ2) is 21.4. The van der Waals surface area contributed by atoms with E-state index in [9.17, 15) is 25.2 Å². The highest BCUT2D eigenvalue weighted by Gasteiger charge is 2.34. The number of hydrogen-bond acceptors (Lipinski definition) is 7. The number of rotatable bonds is 24. The SMILES string of the molecule is CCCCCCCC/C=C\CC[C@H](O)[C@H]1CC[C@@H](C(O)CCCCC(O)CCCC[C@@H](O)CC2=C[C@H](C)OC2=O)O1. The van der Waals surface area contributed by atoms with Crippen LogP contribution in [-0.2, 0) is 14.3 Å². The van der Waals surface area contributed by atoms with Gasteiger partial charge < -0.3 is 29.9 Å². The summed E-state index contributed by atoms with van der Waals surface area (Å²) in [7, 11) is 0. The molecule has 2 aliphatic heterocycles. The number of unbranched alkanes of at least 4 members (excludes halogenated alkanes) is 8. The molecule has 2 heterocycles. The van der Waals surface area contributed by atoms with Gasteiger partial charge in [0.15, 0.2) is 0 Å². The average Bonchev–Trinajstić information content (AvgIpc) is 3.56. The molecular formula is C34H60O7. The van der Waals surface area contributed by atoms with E-state index in [1.165, 1.54) is 38.5 Å². The van der Waals surface area contributed by atoms with E-state index in [-0.39, 0.29) is 30.4 Å². The van der Waals surface area contributed by atoms with E-state index in [2.05, 4.69) is 19.1 Å². The number of esters is 1. The van der Waals surface area contributed by atoms with Gasteiger partial charge in [-0.05, 0) is 77.2 Å². The number of hydrogen-bond donors (Lipinski definition) is 4. The maximum Gasteiger partial charge on any atom is 0.334 e. The van der Waals surface area contributed by atoms with Gasteiger partial charge in [-0.3, -0.25) is 0 Å². The number of carbonyl (C=O) groups excluding carboxylic acids is 1. The van der Waals surface area contributed by atoms with E-state index in [0.717, 1.165) is 51.4 Å². The summed E-state index contributed by atoms with van der Waals surface area (Å²) >= 11 is 0. The van der Waals surface area contributed by atoms with Gasteiger partial charge in [0.25, 0.3) is 0 Å². The summed E-state index contributed by atoms with van der Waals surface area (Å²) in [5.41, 5.74) is 0.559. The molecule has 7 atom stereocenters. The molecule has 0 amide bonds. The van der Waals surface area contributed by atoms with Gasteiger partial charge in [0.1, 0.15) is 6.10 Å². The van der Waals surface area contributed by atoms with E-state index < -0.39 is 18.3 Å². The molecule has 0 spiro atoms. The van der Waals surface area contributed by atoms with Crippen molar-refractivity contribution in [2.45, 2.75) is 185 Å². The Kier molecular flexibility index (Phi) is 18.8. The zero-order chi connectivity index (χ0) is 29.9. The van der Waals surface area contributed by atoms with Crippen molar-refractivity contribution in [1.29, 1.82) is 0 Å². The normalized spacial score (nSPS) is 24.0. The first-order valence-corrected chi connectivity index (χ1v) is 16.7. The Bertz CT molecular complexity index is 751. The van der Waals surface area contributed by atoms with Crippen LogP contribution in [0.25, 0.3) is 0 Å². The molecule has 0 saturated carbocycles. The first-order chi connectivity index (χ1) is 19.8. The largest absolute Gasteiger partial charge is 0.455 e. The molecule has 0 aromatic carbocycles. The van der Waals surface area contributed by atoms with Crippen LogP contribution in [0.1, 0.15) is 142 Å². The van der Waals surface area contributed by atoms with Gasteiger partial charge in [0, 0.05) is 12.0 Å². The summed E-state index contributed by atoms with van der Waals surface area (Å²) in [6, 6.07) is 0. The zero-order valence-corrected chi connectivity index (χ0v) is 25.9. The lowest BCUT2D eigenvalue weighted by Gasteiger charge is -2.22. The van der Waals surface area contributed by atoms with Crippen LogP contribution in [0, 0.1) is 0 Å². The minimum absolute atomic E-state index is 0.186. The molecule has 0 aromatic rings. The number of carbonyl (C=O) groups is 1. The Hall–Kier alpha value is -1.25. The summed E-state index contributed by atoms with van der Waals surface area (Å²) < 4.78 is 11.1. The van der Waals surface area contributed by atoms with E-state index in [1.54, 1.807) is 6.08 Å². The van der Waals surface area contributed by atoms with Crippen molar-refractivity contribution < 1.29 is 34.7 Å². The summed E-state index contributed by atoms with van der Waals surface area (Å²) in [5, 5.41) is 41.6. The van der Waals surface area contributed by atoms with Crippen molar-refractivity contribution in [1.82, 2.24) is 0 Å². The van der Waals surface area contributed by atoms with Gasteiger partial charge in [0.2, 0.25) is 0 Å². The van der Waals surface area contributed by atoms with Crippen molar-refractivity contribution in [3.63, 3.8) is 0 Å². The standard InChI is InChI=1S/C34H60O7/c1-3-4-5-6-7-8-9-10-11-12-20-30(37)32-22-23-33(41-32)31(38)21-16-15-18-28(35)17-13-14-19-29(36)25-27-24-26(2)40-34(27)39/h10-11,24,26,28-33,35-38H,3-9,12-23,25H2,1-2H3/b11-10-/t26-,28?,29+,30-,31?,32+,33-/m0/s1. The van der Waals surface area contributed by atoms with E-state index in [0.29, 0.717) is 44.1 Å². The van der Waals surface area contributed by atoms with Crippen molar-refractivity contribution in [3.05, 3.63) is 23.8 Å². The van der Waals surface area contributed by atoms with Gasteiger partial charge >= 0.3 is 5.97 Å². The molecule has 0 bridgehead atoms. The number of aliphatic hydroxyl groups is 4. The maximum absolute atomic E-state index is 11.6. The van der Waals surface area contributed by atoms with Crippen LogP contribution in [0.4, 0.5) is 0 Å². The predicted octanol–water partition coefficient (Wildman–Crippen LogP) is 6.45. The van der Waals surface area contributed by atoms with Crippen LogP contribution in [0.2, 0.25) is 0 Å². The Balaban J connectivity index is 1.45. The molecule has 41 heavy (non-hydrogen) atoms. The lowest BCUT2D eigenvalue weighted by molar-refractivity contribution is -0.139. The molecule has 2 rings (SSSR count). The monoisotopic (exact) mass is 580 g/mol. The highest BCUT2D eigenvalue weighted by Crippen LogP contribution is 2.28. The van der Waals surface area contributed by atoms with Crippen LogP contribution < -0.4 is 0 Å². The topological polar surface area (TPSA) is 116 Å². The van der Waals surface area contributed by atoms with Crippen molar-refractivity contribution >= 4 is 5.97 Å². The second-order valence-electron chi connectivity index (χ2n) is 12.4. The highest BCUT2D eigenvalue weighted by atomic mass is 16.5. The molecule has 7 heteroatoms. The minimum Gasteiger partial charge on any atom is -0.455 e. The quantitative estimate of drug-likeness (QED) is 0.0589. The van der Waals surface area contributed by atoms with Crippen LogP contribution in [-0.4, -0.2) is 69.1 Å². The Morgan fingerprint density at radius 3 is 1.95 bits per heavy atom. The average molecular weight is 581 g/mol. The second-order valence-corrected chi connectivity index (χ2v) is 12.4. The van der Waals surface area contributed by atoms with E-state index in [1.807, 2.05) is 6.92 Å². The molecule has 7 nitrogen and oxygen atoms in total. The van der Waals surface area contributed by atoms with Crippen LogP contribution in [0.15, 0.2) is 23.8 Å². The highest BCUT2D eigenvalue weighted by molar-refractivity contribution is 5.90. The van der Waals surface area contributed by atoms with Crippen LogP contribution in [0.5, 0.6) is 0 Å². The zero-order valence-electron chi connectivity index (χ0n) is 25.9. The lowest BCUT2D eigenvalue weighted by atomic mass is 9.99. The van der Waals surface area contributed by atoms with Gasteiger partial charge in [-0.25, -0.2) is 4.79 Å².